The third kappa shape index (κ3) is 3.20. The third-order valence-electron chi connectivity index (χ3n) is 2.09. The molecule has 0 aromatic carbocycles. The van der Waals surface area contributed by atoms with Crippen molar-refractivity contribution in [2.45, 2.75) is 30.7 Å². The minimum Gasteiger partial charge on any atom is -0.756 e. The molecule has 0 aromatic heterocycles. The quantitative estimate of drug-likeness (QED) is 0.321. The second-order valence-corrected chi connectivity index (χ2v) is 4.42. The summed E-state index contributed by atoms with van der Waals surface area (Å²) in [7, 11) is -5.16. The van der Waals surface area contributed by atoms with E-state index in [4.69, 9.17) is 10.00 Å². The van der Waals surface area contributed by atoms with Gasteiger partial charge >= 0.3 is 0 Å². The van der Waals surface area contributed by atoms with Gasteiger partial charge < -0.3 is 34.9 Å². The van der Waals surface area contributed by atoms with Crippen molar-refractivity contribution in [3.63, 3.8) is 0 Å². The highest BCUT2D eigenvalue weighted by molar-refractivity contribution is 7.44. The van der Waals surface area contributed by atoms with Gasteiger partial charge in [-0.15, -0.1) is 0 Å². The zero-order valence-electron chi connectivity index (χ0n) is 7.91. The molecule has 9 nitrogen and oxygen atoms in total. The van der Waals surface area contributed by atoms with Crippen molar-refractivity contribution in [2.24, 2.45) is 0 Å². The van der Waals surface area contributed by atoms with Crippen molar-refractivity contribution in [1.29, 1.82) is 0 Å². The number of phosphoric ester groups is 1. The average Bonchev–Trinajstić information content (AvgIpc) is 2.17. The maximum atomic E-state index is 10.4. The molecule has 1 aliphatic rings. The molecule has 0 aromatic rings. The number of hydrogen-bond acceptors (Lipinski definition) is 8. The summed E-state index contributed by atoms with van der Waals surface area (Å²) in [4.78, 5) is 18.8. The van der Waals surface area contributed by atoms with Gasteiger partial charge in [-0.25, -0.2) is 0 Å². The van der Waals surface area contributed by atoms with E-state index in [1.807, 2.05) is 0 Å². The minimum absolute atomic E-state index is 0.723. The highest BCUT2D eigenvalue weighted by Crippen LogP contribution is 2.36. The van der Waals surface area contributed by atoms with Crippen LogP contribution in [-0.2, 0) is 13.8 Å². The van der Waals surface area contributed by atoms with Crippen molar-refractivity contribution in [3.05, 3.63) is 0 Å². The van der Waals surface area contributed by atoms with Gasteiger partial charge in [-0.1, -0.05) is 0 Å². The molecule has 0 radical (unpaired) electrons. The van der Waals surface area contributed by atoms with E-state index in [1.54, 1.807) is 0 Å². The molecule has 1 fully saturated rings. The van der Waals surface area contributed by atoms with Crippen LogP contribution in [0.5, 0.6) is 0 Å². The monoisotopic (exact) mass is 259 g/mol. The largest absolute Gasteiger partial charge is 0.756 e. The predicted octanol–water partition coefficient (Wildman–Crippen LogP) is -3.74. The second kappa shape index (κ2) is 5.05. The standard InChI is InChI=1S/C6H13O9P/c7-1-2-3(8)4(9)5(10)6(14-2)15-16(11,12)13/h2-10H,1H2,(H2,11,12,13)/p-1. The van der Waals surface area contributed by atoms with E-state index < -0.39 is 45.1 Å². The zero-order chi connectivity index (χ0) is 12.5. The first-order chi connectivity index (χ1) is 7.26. The summed E-state index contributed by atoms with van der Waals surface area (Å²) >= 11 is 0. The third-order valence-corrected chi connectivity index (χ3v) is 2.56. The maximum Gasteiger partial charge on any atom is 0.267 e. The molecule has 16 heavy (non-hydrogen) atoms. The molecule has 1 rings (SSSR count). The zero-order valence-corrected chi connectivity index (χ0v) is 8.80. The second-order valence-electron chi connectivity index (χ2n) is 3.27. The van der Waals surface area contributed by atoms with Crippen LogP contribution in [0.25, 0.3) is 0 Å². The summed E-state index contributed by atoms with van der Waals surface area (Å²) in [6, 6.07) is 0. The molecule has 1 heterocycles. The van der Waals surface area contributed by atoms with Crippen molar-refractivity contribution in [1.82, 2.24) is 0 Å². The van der Waals surface area contributed by atoms with E-state index in [9.17, 15) is 24.8 Å². The molecule has 0 amide bonds. The molecule has 6 unspecified atom stereocenters. The Hall–Kier alpha value is -0.0900. The Balaban J connectivity index is 2.75. The van der Waals surface area contributed by atoms with Crippen molar-refractivity contribution in [2.75, 3.05) is 6.61 Å². The number of ether oxygens (including phenoxy) is 1. The number of phosphoric acid groups is 1. The number of aliphatic hydroxyl groups is 4. The Morgan fingerprint density at radius 2 is 1.81 bits per heavy atom. The van der Waals surface area contributed by atoms with Gasteiger partial charge in [0.05, 0.1) is 6.61 Å². The van der Waals surface area contributed by atoms with Crippen LogP contribution >= 0.6 is 7.82 Å². The Kier molecular flexibility index (Phi) is 4.41. The van der Waals surface area contributed by atoms with Gasteiger partial charge in [0.2, 0.25) is 0 Å². The van der Waals surface area contributed by atoms with Crippen LogP contribution in [0.4, 0.5) is 0 Å². The van der Waals surface area contributed by atoms with Gasteiger partial charge in [0.15, 0.2) is 6.29 Å². The molecule has 10 heteroatoms. The van der Waals surface area contributed by atoms with Crippen molar-refractivity contribution >= 4 is 7.82 Å². The van der Waals surface area contributed by atoms with E-state index >= 15 is 0 Å². The Labute approximate surface area is 90.1 Å². The van der Waals surface area contributed by atoms with Crippen LogP contribution in [-0.4, -0.2) is 62.6 Å². The molecule has 1 saturated heterocycles. The summed E-state index contributed by atoms with van der Waals surface area (Å²) in [6.07, 6.45) is -8.43. The molecule has 1 aliphatic heterocycles. The van der Waals surface area contributed by atoms with Gasteiger partial charge in [-0.3, -0.25) is 9.09 Å². The fraction of sp³-hybridized carbons (Fsp3) is 1.00. The molecular weight excluding hydrogens is 247 g/mol. The van der Waals surface area contributed by atoms with Gasteiger partial charge in [0.25, 0.3) is 7.82 Å². The number of rotatable bonds is 3. The fourth-order valence-electron chi connectivity index (χ4n) is 1.29. The normalized spacial score (nSPS) is 44.0. The van der Waals surface area contributed by atoms with E-state index in [0.717, 1.165) is 0 Å². The lowest BCUT2D eigenvalue weighted by atomic mass is 10.00. The molecule has 0 spiro atoms. The summed E-state index contributed by atoms with van der Waals surface area (Å²) in [6.45, 7) is -0.723. The summed E-state index contributed by atoms with van der Waals surface area (Å²) in [5.74, 6) is 0. The highest BCUT2D eigenvalue weighted by Gasteiger charge is 2.45. The highest BCUT2D eigenvalue weighted by atomic mass is 31.2. The van der Waals surface area contributed by atoms with Crippen LogP contribution in [0, 0.1) is 0 Å². The minimum atomic E-state index is -5.16. The molecule has 0 saturated carbocycles. The predicted molar refractivity (Wildman–Crippen MR) is 44.7 cm³/mol. The van der Waals surface area contributed by atoms with Gasteiger partial charge in [0, 0.05) is 0 Å². The number of hydrogen-bond donors (Lipinski definition) is 5. The molecule has 6 atom stereocenters. The van der Waals surface area contributed by atoms with E-state index in [0.29, 0.717) is 0 Å². The smallest absolute Gasteiger partial charge is 0.267 e. The Morgan fingerprint density at radius 1 is 1.25 bits per heavy atom. The van der Waals surface area contributed by atoms with Crippen LogP contribution < -0.4 is 4.89 Å². The first-order valence-electron chi connectivity index (χ1n) is 4.29. The van der Waals surface area contributed by atoms with E-state index in [2.05, 4.69) is 9.26 Å². The lowest BCUT2D eigenvalue weighted by Gasteiger charge is -2.40. The van der Waals surface area contributed by atoms with E-state index in [1.165, 1.54) is 0 Å². The summed E-state index contributed by atoms with van der Waals surface area (Å²) in [5, 5.41) is 36.5. The lowest BCUT2D eigenvalue weighted by Crippen LogP contribution is -2.59. The molecular formula is C6H12O9P-. The Morgan fingerprint density at radius 3 is 2.25 bits per heavy atom. The van der Waals surface area contributed by atoms with Crippen LogP contribution in [0.15, 0.2) is 0 Å². The van der Waals surface area contributed by atoms with Crippen molar-refractivity contribution in [3.8, 4) is 0 Å². The lowest BCUT2D eigenvalue weighted by molar-refractivity contribution is -0.302. The maximum absolute atomic E-state index is 10.4. The van der Waals surface area contributed by atoms with Crippen molar-refractivity contribution < 1.29 is 44.0 Å². The van der Waals surface area contributed by atoms with Crippen LogP contribution in [0.1, 0.15) is 0 Å². The summed E-state index contributed by atoms with van der Waals surface area (Å²) in [5.41, 5.74) is 0. The van der Waals surface area contributed by atoms with E-state index in [-0.39, 0.29) is 0 Å². The van der Waals surface area contributed by atoms with Gasteiger partial charge in [0.1, 0.15) is 24.4 Å². The average molecular weight is 259 g/mol. The van der Waals surface area contributed by atoms with Gasteiger partial charge in [-0.2, -0.15) is 0 Å². The molecule has 96 valence electrons. The fourth-order valence-corrected chi connectivity index (χ4v) is 1.72. The molecule has 0 bridgehead atoms. The van der Waals surface area contributed by atoms with Gasteiger partial charge in [-0.05, 0) is 0 Å². The summed E-state index contributed by atoms with van der Waals surface area (Å²) < 4.78 is 19.0. The molecule has 0 aliphatic carbocycles. The molecule has 5 N–H and O–H groups in total. The topological polar surface area (TPSA) is 160 Å². The SMILES string of the molecule is O=P([O-])(O)OC1OC(CO)C(O)C(O)C1O. The first kappa shape index (κ1) is 14.0. The van der Waals surface area contributed by atoms with Crippen LogP contribution in [0.2, 0.25) is 0 Å². The number of aliphatic hydroxyl groups excluding tert-OH is 4. The first-order valence-corrected chi connectivity index (χ1v) is 5.78. The Bertz CT molecular complexity index is 275. The van der Waals surface area contributed by atoms with Crippen LogP contribution in [0.3, 0.4) is 0 Å².